The van der Waals surface area contributed by atoms with Gasteiger partial charge in [-0.15, -0.1) is 0 Å². The topological polar surface area (TPSA) is 43.9 Å². The van der Waals surface area contributed by atoms with E-state index in [1.807, 2.05) is 50.2 Å². The zero-order valence-corrected chi connectivity index (χ0v) is 15.9. The Balaban J connectivity index is 1.48. The molecule has 2 amide bonds. The Kier molecular flexibility index (Phi) is 4.70. The van der Waals surface area contributed by atoms with Crippen LogP contribution < -0.4 is 9.80 Å². The summed E-state index contributed by atoms with van der Waals surface area (Å²) in [6.45, 7) is 7.29. The second-order valence-electron chi connectivity index (χ2n) is 7.36. The van der Waals surface area contributed by atoms with E-state index in [2.05, 4.69) is 21.9 Å². The lowest BCUT2D eigenvalue weighted by atomic mass is 10.1. The number of nitrogens with zero attached hydrogens (tertiary/aromatic N) is 3. The summed E-state index contributed by atoms with van der Waals surface area (Å²) in [5, 5.41) is 0. The highest BCUT2D eigenvalue weighted by molar-refractivity contribution is 6.22. The van der Waals surface area contributed by atoms with Gasteiger partial charge in [0.1, 0.15) is 0 Å². The third-order valence-corrected chi connectivity index (χ3v) is 5.82. The number of benzene rings is 2. The molecule has 2 aliphatic heterocycles. The normalized spacial score (nSPS) is 21.2. The van der Waals surface area contributed by atoms with Crippen LogP contribution in [0.25, 0.3) is 0 Å². The molecular weight excluding hydrogens is 338 g/mol. The smallest absolute Gasteiger partial charge is 0.251 e. The van der Waals surface area contributed by atoms with Crippen LogP contribution in [0.2, 0.25) is 0 Å². The summed E-state index contributed by atoms with van der Waals surface area (Å²) < 4.78 is 0. The van der Waals surface area contributed by atoms with E-state index in [-0.39, 0.29) is 24.3 Å². The molecule has 5 heteroatoms. The fourth-order valence-corrected chi connectivity index (χ4v) is 4.06. The second-order valence-corrected chi connectivity index (χ2v) is 7.36. The monoisotopic (exact) mass is 363 g/mol. The molecule has 0 bridgehead atoms. The first-order chi connectivity index (χ1) is 13.1. The fraction of sp³-hybridized carbons (Fsp3) is 0.364. The molecule has 2 saturated heterocycles. The van der Waals surface area contributed by atoms with Crippen LogP contribution in [-0.2, 0) is 9.59 Å². The molecule has 0 aliphatic carbocycles. The molecule has 2 aromatic carbocycles. The quantitative estimate of drug-likeness (QED) is 0.787. The van der Waals surface area contributed by atoms with Crippen molar-refractivity contribution in [3.63, 3.8) is 0 Å². The van der Waals surface area contributed by atoms with Crippen molar-refractivity contribution >= 4 is 23.2 Å². The van der Waals surface area contributed by atoms with Crippen molar-refractivity contribution in [3.8, 4) is 0 Å². The molecule has 1 atom stereocenters. The van der Waals surface area contributed by atoms with Crippen molar-refractivity contribution in [1.29, 1.82) is 0 Å². The molecule has 27 heavy (non-hydrogen) atoms. The summed E-state index contributed by atoms with van der Waals surface area (Å²) in [4.78, 5) is 31.6. The molecule has 4 rings (SSSR count). The van der Waals surface area contributed by atoms with E-state index in [0.29, 0.717) is 0 Å². The van der Waals surface area contributed by atoms with Crippen LogP contribution in [0.5, 0.6) is 0 Å². The van der Waals surface area contributed by atoms with Crippen LogP contribution in [0.4, 0.5) is 11.4 Å². The van der Waals surface area contributed by atoms with Crippen LogP contribution in [-0.4, -0.2) is 48.9 Å². The van der Waals surface area contributed by atoms with Crippen LogP contribution in [0.15, 0.2) is 48.5 Å². The Labute approximate surface area is 160 Å². The minimum absolute atomic E-state index is 0.0816. The number of para-hydroxylation sites is 1. The van der Waals surface area contributed by atoms with Gasteiger partial charge in [0.05, 0.1) is 18.2 Å². The minimum atomic E-state index is -0.338. The number of carbonyl (C=O) groups excluding carboxylic acids is 2. The van der Waals surface area contributed by atoms with E-state index in [1.165, 1.54) is 10.6 Å². The summed E-state index contributed by atoms with van der Waals surface area (Å²) in [5.41, 5.74) is 4.03. The average Bonchev–Trinajstić information content (AvgIpc) is 2.99. The number of hydrogen-bond donors (Lipinski definition) is 0. The van der Waals surface area contributed by atoms with Gasteiger partial charge in [0.2, 0.25) is 5.91 Å². The molecule has 5 nitrogen and oxygen atoms in total. The second kappa shape index (κ2) is 7.16. The maximum Gasteiger partial charge on any atom is 0.251 e. The molecule has 2 aromatic rings. The number of amides is 2. The molecule has 0 saturated carbocycles. The predicted octanol–water partition coefficient (Wildman–Crippen LogP) is 2.76. The lowest BCUT2D eigenvalue weighted by Gasteiger charge is -2.38. The Morgan fingerprint density at radius 2 is 1.56 bits per heavy atom. The summed E-state index contributed by atoms with van der Waals surface area (Å²) in [5.74, 6) is -0.175. The summed E-state index contributed by atoms with van der Waals surface area (Å²) in [6.07, 6.45) is 0.275. The molecule has 0 unspecified atom stereocenters. The Morgan fingerprint density at radius 3 is 2.26 bits per heavy atom. The number of carbonyl (C=O) groups is 2. The first kappa shape index (κ1) is 17.7. The highest BCUT2D eigenvalue weighted by atomic mass is 16.2. The number of anilines is 2. The first-order valence-electron chi connectivity index (χ1n) is 9.53. The zero-order valence-electron chi connectivity index (χ0n) is 15.9. The average molecular weight is 363 g/mol. The number of aryl methyl sites for hydroxylation is 1. The number of piperazine rings is 1. The standard InChI is InChI=1S/C22H25N3O2/c1-16-7-6-10-19(17(16)2)25-21(26)15-20(22(25)27)24-13-11-23(12-14-24)18-8-4-3-5-9-18/h3-10,20H,11-15H2,1-2H3/t20-/m0/s1. The highest BCUT2D eigenvalue weighted by Gasteiger charge is 2.43. The molecule has 2 aliphatic rings. The maximum absolute atomic E-state index is 13.1. The first-order valence-corrected chi connectivity index (χ1v) is 9.53. The van der Waals surface area contributed by atoms with Gasteiger partial charge in [0.25, 0.3) is 5.91 Å². The maximum atomic E-state index is 13.1. The van der Waals surface area contributed by atoms with E-state index in [4.69, 9.17) is 0 Å². The molecular formula is C22H25N3O2. The number of rotatable bonds is 3. The molecule has 140 valence electrons. The number of imide groups is 1. The molecule has 2 fully saturated rings. The third kappa shape index (κ3) is 3.23. The Morgan fingerprint density at radius 1 is 0.852 bits per heavy atom. The summed E-state index contributed by atoms with van der Waals surface area (Å²) >= 11 is 0. The van der Waals surface area contributed by atoms with E-state index >= 15 is 0 Å². The molecule has 0 radical (unpaired) electrons. The van der Waals surface area contributed by atoms with Crippen LogP contribution in [0.3, 0.4) is 0 Å². The van der Waals surface area contributed by atoms with Gasteiger partial charge in [0.15, 0.2) is 0 Å². The fourth-order valence-electron chi connectivity index (χ4n) is 4.06. The SMILES string of the molecule is Cc1cccc(N2C(=O)C[C@H](N3CCN(c4ccccc4)CC3)C2=O)c1C. The molecule has 0 aromatic heterocycles. The van der Waals surface area contributed by atoms with Gasteiger partial charge in [-0.3, -0.25) is 14.5 Å². The Hall–Kier alpha value is -2.66. The van der Waals surface area contributed by atoms with Crippen molar-refractivity contribution in [2.24, 2.45) is 0 Å². The largest absolute Gasteiger partial charge is 0.369 e. The van der Waals surface area contributed by atoms with Crippen LogP contribution in [0, 0.1) is 13.8 Å². The van der Waals surface area contributed by atoms with E-state index < -0.39 is 0 Å². The van der Waals surface area contributed by atoms with Gasteiger partial charge >= 0.3 is 0 Å². The Bertz CT molecular complexity index is 857. The molecule has 2 heterocycles. The van der Waals surface area contributed by atoms with Crippen molar-refractivity contribution in [2.45, 2.75) is 26.3 Å². The van der Waals surface area contributed by atoms with E-state index in [1.54, 1.807) is 0 Å². The van der Waals surface area contributed by atoms with Crippen molar-refractivity contribution < 1.29 is 9.59 Å². The van der Waals surface area contributed by atoms with Gasteiger partial charge in [-0.25, -0.2) is 4.90 Å². The van der Waals surface area contributed by atoms with Gasteiger partial charge in [-0.1, -0.05) is 30.3 Å². The van der Waals surface area contributed by atoms with Gasteiger partial charge in [-0.05, 0) is 43.2 Å². The van der Waals surface area contributed by atoms with Crippen molar-refractivity contribution in [3.05, 3.63) is 59.7 Å². The lowest BCUT2D eigenvalue weighted by molar-refractivity contribution is -0.123. The van der Waals surface area contributed by atoms with E-state index in [9.17, 15) is 9.59 Å². The molecule has 0 spiro atoms. The predicted molar refractivity (Wildman–Crippen MR) is 107 cm³/mol. The van der Waals surface area contributed by atoms with Crippen molar-refractivity contribution in [2.75, 3.05) is 36.0 Å². The molecule has 0 N–H and O–H groups in total. The lowest BCUT2D eigenvalue weighted by Crippen LogP contribution is -2.52. The van der Waals surface area contributed by atoms with Crippen molar-refractivity contribution in [1.82, 2.24) is 4.90 Å². The highest BCUT2D eigenvalue weighted by Crippen LogP contribution is 2.30. The van der Waals surface area contributed by atoms with Gasteiger partial charge in [0, 0.05) is 31.9 Å². The summed E-state index contributed by atoms with van der Waals surface area (Å²) in [7, 11) is 0. The van der Waals surface area contributed by atoms with Crippen LogP contribution >= 0.6 is 0 Å². The zero-order chi connectivity index (χ0) is 19.0. The van der Waals surface area contributed by atoms with Gasteiger partial charge < -0.3 is 4.90 Å². The minimum Gasteiger partial charge on any atom is -0.369 e. The number of hydrogen-bond acceptors (Lipinski definition) is 4. The van der Waals surface area contributed by atoms with Gasteiger partial charge in [-0.2, -0.15) is 0 Å². The van der Waals surface area contributed by atoms with Crippen LogP contribution in [0.1, 0.15) is 17.5 Å². The summed E-state index contributed by atoms with van der Waals surface area (Å²) in [6, 6.07) is 15.8. The third-order valence-electron chi connectivity index (χ3n) is 5.82. The van der Waals surface area contributed by atoms with E-state index in [0.717, 1.165) is 43.0 Å².